The molecule has 0 unspecified atom stereocenters. The average Bonchev–Trinajstić information content (AvgIpc) is 2.31. The molecular weight excluding hydrogens is 262 g/mol. The van der Waals surface area contributed by atoms with Crippen molar-refractivity contribution in [2.75, 3.05) is 6.54 Å². The summed E-state index contributed by atoms with van der Waals surface area (Å²) in [6.45, 7) is 5.32. The van der Waals surface area contributed by atoms with Crippen LogP contribution in [0.15, 0.2) is 0 Å². The van der Waals surface area contributed by atoms with Crippen LogP contribution in [0.3, 0.4) is 0 Å². The molecule has 0 aromatic carbocycles. The Bertz CT molecular complexity index is 374. The van der Waals surface area contributed by atoms with Gasteiger partial charge in [0.05, 0.1) is 6.21 Å². The number of nitrogens with one attached hydrogen (secondary N) is 2. The van der Waals surface area contributed by atoms with Gasteiger partial charge in [0, 0.05) is 19.4 Å². The Labute approximate surface area is 118 Å². The van der Waals surface area contributed by atoms with Crippen LogP contribution < -0.4 is 11.1 Å². The summed E-state index contributed by atoms with van der Waals surface area (Å²) in [6, 6.07) is -0.905. The van der Waals surface area contributed by atoms with E-state index in [-0.39, 0.29) is 31.7 Å². The summed E-state index contributed by atoms with van der Waals surface area (Å²) in [4.78, 5) is 34.6. The van der Waals surface area contributed by atoms with E-state index < -0.39 is 23.4 Å². The molecule has 0 fully saturated rings. The molecule has 20 heavy (non-hydrogen) atoms. The Morgan fingerprint density at radius 1 is 1.30 bits per heavy atom. The number of nitrogens with two attached hydrogens (primary N) is 1. The van der Waals surface area contributed by atoms with E-state index in [1.807, 2.05) is 0 Å². The molecule has 0 rings (SSSR count). The first-order valence-electron chi connectivity index (χ1n) is 6.45. The fourth-order valence-corrected chi connectivity index (χ4v) is 1.38. The number of ketones is 1. The quantitative estimate of drug-likeness (QED) is 0.433. The Hall–Kier alpha value is -1.76. The van der Waals surface area contributed by atoms with Crippen molar-refractivity contribution in [3.63, 3.8) is 0 Å². The molecule has 0 saturated heterocycles. The van der Waals surface area contributed by atoms with Gasteiger partial charge in [-0.1, -0.05) is 0 Å². The van der Waals surface area contributed by atoms with E-state index >= 15 is 0 Å². The normalized spacial score (nSPS) is 12.4. The van der Waals surface area contributed by atoms with Crippen molar-refractivity contribution >= 4 is 23.9 Å². The smallest absolute Gasteiger partial charge is 0.329 e. The van der Waals surface area contributed by atoms with Gasteiger partial charge in [0.15, 0.2) is 5.78 Å². The highest BCUT2D eigenvalue weighted by molar-refractivity contribution is 6.26. The maximum atomic E-state index is 12.0. The standard InChI is InChI=1S/C13H23N3O4/c1-13(2,3)20-12(19)10(5-4-9(17)8-15)16-11(18)6-7-14/h8,10,15H,4-7,14H2,1-3H3,(H,16,18)/t10-/m0/s1. The van der Waals surface area contributed by atoms with E-state index in [9.17, 15) is 14.4 Å². The maximum Gasteiger partial charge on any atom is 0.329 e. The van der Waals surface area contributed by atoms with Gasteiger partial charge in [-0.15, -0.1) is 0 Å². The number of carbonyl (C=O) groups is 3. The van der Waals surface area contributed by atoms with E-state index in [4.69, 9.17) is 15.9 Å². The van der Waals surface area contributed by atoms with E-state index in [2.05, 4.69) is 5.32 Å². The summed E-state index contributed by atoms with van der Waals surface area (Å²) < 4.78 is 5.19. The van der Waals surface area contributed by atoms with Crippen molar-refractivity contribution < 1.29 is 19.1 Å². The monoisotopic (exact) mass is 285 g/mol. The van der Waals surface area contributed by atoms with E-state index in [0.29, 0.717) is 6.21 Å². The maximum absolute atomic E-state index is 12.0. The molecule has 0 spiro atoms. The number of hydrogen-bond acceptors (Lipinski definition) is 6. The van der Waals surface area contributed by atoms with Crippen LogP contribution in [-0.2, 0) is 19.1 Å². The van der Waals surface area contributed by atoms with Crippen LogP contribution in [0, 0.1) is 5.41 Å². The number of ether oxygens (including phenoxy) is 1. The molecular formula is C13H23N3O4. The predicted octanol–water partition coefficient (Wildman–Crippen LogP) is 0.161. The topological polar surface area (TPSA) is 122 Å². The van der Waals surface area contributed by atoms with Gasteiger partial charge in [-0.05, 0) is 27.2 Å². The highest BCUT2D eigenvalue weighted by atomic mass is 16.6. The largest absolute Gasteiger partial charge is 0.458 e. The molecule has 4 N–H and O–H groups in total. The van der Waals surface area contributed by atoms with Crippen LogP contribution >= 0.6 is 0 Å². The lowest BCUT2D eigenvalue weighted by molar-refractivity contribution is -0.158. The number of hydrogen-bond donors (Lipinski definition) is 3. The Balaban J connectivity index is 4.68. The average molecular weight is 285 g/mol. The van der Waals surface area contributed by atoms with E-state index in [1.54, 1.807) is 20.8 Å². The third-order valence-electron chi connectivity index (χ3n) is 2.24. The zero-order valence-electron chi connectivity index (χ0n) is 12.2. The lowest BCUT2D eigenvalue weighted by Crippen LogP contribution is -2.44. The zero-order chi connectivity index (χ0) is 15.8. The van der Waals surface area contributed by atoms with Crippen LogP contribution in [0.25, 0.3) is 0 Å². The van der Waals surface area contributed by atoms with Gasteiger partial charge in [0.1, 0.15) is 11.6 Å². The molecule has 0 radical (unpaired) electrons. The summed E-state index contributed by atoms with van der Waals surface area (Å²) in [6.07, 6.45) is 0.876. The molecule has 0 saturated carbocycles. The van der Waals surface area contributed by atoms with Crippen LogP contribution in [0.1, 0.15) is 40.0 Å². The molecule has 0 aromatic heterocycles. The van der Waals surface area contributed by atoms with Gasteiger partial charge in [-0.25, -0.2) is 4.79 Å². The first-order chi connectivity index (χ1) is 9.19. The second-order valence-electron chi connectivity index (χ2n) is 5.34. The Morgan fingerprint density at radius 3 is 2.35 bits per heavy atom. The van der Waals surface area contributed by atoms with Gasteiger partial charge in [-0.2, -0.15) is 0 Å². The number of amides is 1. The number of Topliss-reactive ketones (excluding diaryl/α,β-unsaturated/α-hetero) is 1. The Kier molecular flexibility index (Phi) is 7.68. The van der Waals surface area contributed by atoms with Gasteiger partial charge in [0.25, 0.3) is 0 Å². The second kappa shape index (κ2) is 8.42. The number of rotatable bonds is 8. The third-order valence-corrected chi connectivity index (χ3v) is 2.24. The summed E-state index contributed by atoms with van der Waals surface area (Å²) in [5.41, 5.74) is 4.58. The molecule has 7 nitrogen and oxygen atoms in total. The zero-order valence-corrected chi connectivity index (χ0v) is 12.2. The summed E-state index contributed by atoms with van der Waals surface area (Å²) in [5.74, 6) is -1.38. The van der Waals surface area contributed by atoms with Crippen LogP contribution in [0.2, 0.25) is 0 Å². The van der Waals surface area contributed by atoms with E-state index in [1.165, 1.54) is 0 Å². The predicted molar refractivity (Wildman–Crippen MR) is 74.5 cm³/mol. The fourth-order valence-electron chi connectivity index (χ4n) is 1.38. The lowest BCUT2D eigenvalue weighted by Gasteiger charge is -2.24. The molecule has 0 aliphatic heterocycles. The number of carbonyl (C=O) groups excluding carboxylic acids is 3. The molecule has 1 atom stereocenters. The first kappa shape index (κ1) is 18.2. The molecule has 114 valence electrons. The van der Waals surface area contributed by atoms with Crippen molar-refractivity contribution in [2.45, 2.75) is 51.7 Å². The van der Waals surface area contributed by atoms with E-state index in [0.717, 1.165) is 0 Å². The highest BCUT2D eigenvalue weighted by Crippen LogP contribution is 2.11. The van der Waals surface area contributed by atoms with Crippen molar-refractivity contribution in [1.29, 1.82) is 5.41 Å². The van der Waals surface area contributed by atoms with Crippen LogP contribution in [0.5, 0.6) is 0 Å². The van der Waals surface area contributed by atoms with Crippen molar-refractivity contribution in [1.82, 2.24) is 5.32 Å². The minimum atomic E-state index is -0.905. The van der Waals surface area contributed by atoms with Crippen LogP contribution in [-0.4, -0.2) is 42.1 Å². The lowest BCUT2D eigenvalue weighted by atomic mass is 10.1. The van der Waals surface area contributed by atoms with Crippen molar-refractivity contribution in [3.05, 3.63) is 0 Å². The third kappa shape index (κ3) is 8.36. The molecule has 0 bridgehead atoms. The summed E-state index contributed by atoms with van der Waals surface area (Å²) in [7, 11) is 0. The molecule has 0 aromatic rings. The SMILES string of the molecule is CC(C)(C)OC(=O)[C@H](CCC(=O)C=N)NC(=O)CCN. The second-order valence-corrected chi connectivity index (χ2v) is 5.34. The molecule has 0 heterocycles. The summed E-state index contributed by atoms with van der Waals surface area (Å²) in [5, 5.41) is 9.32. The minimum absolute atomic E-state index is 0.00366. The van der Waals surface area contributed by atoms with Gasteiger partial charge < -0.3 is 21.2 Å². The van der Waals surface area contributed by atoms with Gasteiger partial charge >= 0.3 is 5.97 Å². The molecule has 7 heteroatoms. The summed E-state index contributed by atoms with van der Waals surface area (Å²) >= 11 is 0. The minimum Gasteiger partial charge on any atom is -0.458 e. The van der Waals surface area contributed by atoms with Gasteiger partial charge in [-0.3, -0.25) is 9.59 Å². The number of esters is 1. The molecule has 0 aliphatic carbocycles. The van der Waals surface area contributed by atoms with Crippen molar-refractivity contribution in [2.24, 2.45) is 5.73 Å². The molecule has 0 aliphatic rings. The van der Waals surface area contributed by atoms with Crippen molar-refractivity contribution in [3.8, 4) is 0 Å². The fraction of sp³-hybridized carbons (Fsp3) is 0.692. The first-order valence-corrected chi connectivity index (χ1v) is 6.45. The van der Waals surface area contributed by atoms with Gasteiger partial charge in [0.2, 0.25) is 5.91 Å². The van der Waals surface area contributed by atoms with Crippen LogP contribution in [0.4, 0.5) is 0 Å². The molecule has 1 amide bonds. The highest BCUT2D eigenvalue weighted by Gasteiger charge is 2.26. The Morgan fingerprint density at radius 2 is 1.90 bits per heavy atom.